The van der Waals surface area contributed by atoms with Gasteiger partial charge < -0.3 is 4.74 Å². The summed E-state index contributed by atoms with van der Waals surface area (Å²) in [6, 6.07) is 11.9. The monoisotopic (exact) mass is 300 g/mol. The van der Waals surface area contributed by atoms with E-state index in [9.17, 15) is 4.79 Å². The number of anilines is 1. The van der Waals surface area contributed by atoms with E-state index in [0.717, 1.165) is 16.8 Å². The molecule has 0 spiro atoms. The number of hydrogen-bond acceptors (Lipinski definition) is 4. The van der Waals surface area contributed by atoms with E-state index in [1.165, 1.54) is 0 Å². The number of nitrogens with zero attached hydrogens (tertiary/aromatic N) is 2. The van der Waals surface area contributed by atoms with E-state index in [1.54, 1.807) is 11.6 Å². The smallest absolute Gasteiger partial charge is 0.305 e. The lowest BCUT2D eigenvalue weighted by Crippen LogP contribution is -2.42. The Morgan fingerprint density at radius 1 is 1.32 bits per heavy atom. The van der Waals surface area contributed by atoms with Gasteiger partial charge in [0.15, 0.2) is 0 Å². The van der Waals surface area contributed by atoms with Crippen LogP contribution in [-0.4, -0.2) is 17.7 Å². The first-order chi connectivity index (χ1) is 10.6. The summed E-state index contributed by atoms with van der Waals surface area (Å²) in [5, 5.41) is 4.59. The van der Waals surface area contributed by atoms with Crippen LogP contribution in [0.2, 0.25) is 0 Å². The Kier molecular flexibility index (Phi) is 5.47. The Balaban J connectivity index is 2.14. The lowest BCUT2D eigenvalue weighted by atomic mass is 10.1. The summed E-state index contributed by atoms with van der Waals surface area (Å²) < 4.78 is 6.69. The van der Waals surface area contributed by atoms with Crippen molar-refractivity contribution in [2.75, 3.05) is 12.3 Å². The SMILES string of the molecule is CCOC(=O)CCC[n+]1nc(-c2ccccc2)cc(C)c1N. The second-order valence-corrected chi connectivity index (χ2v) is 5.10. The summed E-state index contributed by atoms with van der Waals surface area (Å²) in [6.07, 6.45) is 1.02. The van der Waals surface area contributed by atoms with E-state index in [-0.39, 0.29) is 5.97 Å². The largest absolute Gasteiger partial charge is 0.466 e. The van der Waals surface area contributed by atoms with Crippen LogP contribution in [0.25, 0.3) is 11.3 Å². The zero-order chi connectivity index (χ0) is 15.9. The number of esters is 1. The van der Waals surface area contributed by atoms with Gasteiger partial charge >= 0.3 is 5.97 Å². The van der Waals surface area contributed by atoms with Crippen molar-refractivity contribution in [2.45, 2.75) is 33.2 Å². The van der Waals surface area contributed by atoms with E-state index < -0.39 is 0 Å². The van der Waals surface area contributed by atoms with Gasteiger partial charge in [0.1, 0.15) is 12.2 Å². The Labute approximate surface area is 130 Å². The van der Waals surface area contributed by atoms with Crippen LogP contribution in [0.1, 0.15) is 25.3 Å². The highest BCUT2D eigenvalue weighted by Gasteiger charge is 2.14. The molecule has 0 amide bonds. The van der Waals surface area contributed by atoms with Gasteiger partial charge in [-0.1, -0.05) is 35.4 Å². The summed E-state index contributed by atoms with van der Waals surface area (Å²) in [5.74, 6) is 0.446. The van der Waals surface area contributed by atoms with E-state index in [1.807, 2.05) is 43.3 Å². The van der Waals surface area contributed by atoms with Gasteiger partial charge in [0, 0.05) is 17.5 Å². The molecule has 1 heterocycles. The minimum absolute atomic E-state index is 0.183. The number of rotatable bonds is 6. The molecule has 22 heavy (non-hydrogen) atoms. The molecule has 0 radical (unpaired) electrons. The molecule has 5 heteroatoms. The summed E-state index contributed by atoms with van der Waals surface area (Å²) in [5.41, 5.74) is 8.99. The molecule has 5 nitrogen and oxygen atoms in total. The molecule has 0 aliphatic heterocycles. The minimum Gasteiger partial charge on any atom is -0.466 e. The number of aromatic nitrogens is 2. The maximum Gasteiger partial charge on any atom is 0.305 e. The Hall–Kier alpha value is -2.43. The molecule has 0 saturated heterocycles. The first-order valence-electron chi connectivity index (χ1n) is 7.50. The van der Waals surface area contributed by atoms with Crippen LogP contribution in [0.5, 0.6) is 0 Å². The van der Waals surface area contributed by atoms with E-state index in [4.69, 9.17) is 10.5 Å². The van der Waals surface area contributed by atoms with E-state index in [0.29, 0.717) is 31.8 Å². The topological polar surface area (TPSA) is 69.1 Å². The van der Waals surface area contributed by atoms with Crippen molar-refractivity contribution in [3.8, 4) is 11.3 Å². The van der Waals surface area contributed by atoms with E-state index >= 15 is 0 Å². The van der Waals surface area contributed by atoms with Crippen LogP contribution in [0.15, 0.2) is 36.4 Å². The van der Waals surface area contributed by atoms with Crippen molar-refractivity contribution in [3.05, 3.63) is 42.0 Å². The molecule has 1 aromatic heterocycles. The summed E-state index contributed by atoms with van der Waals surface area (Å²) in [4.78, 5) is 11.4. The van der Waals surface area contributed by atoms with Crippen molar-refractivity contribution in [1.82, 2.24) is 5.10 Å². The molecule has 0 saturated carbocycles. The summed E-state index contributed by atoms with van der Waals surface area (Å²) in [7, 11) is 0. The fourth-order valence-corrected chi connectivity index (χ4v) is 2.22. The van der Waals surface area contributed by atoms with Crippen molar-refractivity contribution in [2.24, 2.45) is 0 Å². The van der Waals surface area contributed by atoms with Gasteiger partial charge in [-0.05, 0) is 26.3 Å². The average molecular weight is 300 g/mol. The van der Waals surface area contributed by atoms with Crippen molar-refractivity contribution in [1.29, 1.82) is 0 Å². The number of ether oxygens (including phenoxy) is 1. The van der Waals surface area contributed by atoms with Gasteiger partial charge in [-0.25, -0.2) is 0 Å². The van der Waals surface area contributed by atoms with Crippen molar-refractivity contribution < 1.29 is 14.2 Å². The number of benzene rings is 1. The fraction of sp³-hybridized carbons (Fsp3) is 0.353. The van der Waals surface area contributed by atoms with Gasteiger partial charge in [0.2, 0.25) is 0 Å². The maximum atomic E-state index is 11.4. The first kappa shape index (κ1) is 15.9. The quantitative estimate of drug-likeness (QED) is 0.656. The average Bonchev–Trinajstić information content (AvgIpc) is 2.52. The second-order valence-electron chi connectivity index (χ2n) is 5.10. The Morgan fingerprint density at radius 3 is 2.73 bits per heavy atom. The highest BCUT2D eigenvalue weighted by atomic mass is 16.5. The number of aryl methyl sites for hydroxylation is 2. The number of hydrogen-bond donors (Lipinski definition) is 1. The van der Waals surface area contributed by atoms with Gasteiger partial charge in [-0.15, -0.1) is 4.68 Å². The minimum atomic E-state index is -0.183. The second kappa shape index (κ2) is 7.54. The highest BCUT2D eigenvalue weighted by Crippen LogP contribution is 2.17. The molecule has 0 bridgehead atoms. The Bertz CT molecular complexity index is 642. The van der Waals surface area contributed by atoms with Crippen LogP contribution in [0, 0.1) is 6.92 Å². The summed E-state index contributed by atoms with van der Waals surface area (Å²) in [6.45, 7) is 4.77. The lowest BCUT2D eigenvalue weighted by Gasteiger charge is -2.07. The normalized spacial score (nSPS) is 10.5. The van der Waals surface area contributed by atoms with Gasteiger partial charge in [0.25, 0.3) is 5.82 Å². The van der Waals surface area contributed by atoms with Crippen LogP contribution in [0.4, 0.5) is 5.82 Å². The zero-order valence-electron chi connectivity index (χ0n) is 13.1. The van der Waals surface area contributed by atoms with Crippen molar-refractivity contribution in [3.63, 3.8) is 0 Å². The molecule has 0 atom stereocenters. The number of nitrogens with two attached hydrogens (primary N) is 1. The predicted octanol–water partition coefficient (Wildman–Crippen LogP) is 2.27. The first-order valence-corrected chi connectivity index (χ1v) is 7.50. The van der Waals surface area contributed by atoms with Crippen LogP contribution in [0.3, 0.4) is 0 Å². The summed E-state index contributed by atoms with van der Waals surface area (Å²) >= 11 is 0. The van der Waals surface area contributed by atoms with Crippen molar-refractivity contribution >= 4 is 11.8 Å². The molecule has 0 fully saturated rings. The third kappa shape index (κ3) is 4.04. The Morgan fingerprint density at radius 2 is 2.05 bits per heavy atom. The maximum absolute atomic E-state index is 11.4. The number of carbonyl (C=O) groups excluding carboxylic acids is 1. The molecule has 116 valence electrons. The van der Waals surface area contributed by atoms with Gasteiger partial charge in [-0.2, -0.15) is 0 Å². The third-order valence-corrected chi connectivity index (χ3v) is 3.39. The third-order valence-electron chi connectivity index (χ3n) is 3.39. The van der Waals surface area contributed by atoms with Gasteiger partial charge in [-0.3, -0.25) is 10.5 Å². The molecule has 0 aliphatic carbocycles. The lowest BCUT2D eigenvalue weighted by molar-refractivity contribution is -0.740. The molecule has 2 rings (SSSR count). The number of carbonyl (C=O) groups is 1. The molecule has 1 aromatic carbocycles. The number of nitrogen functional groups attached to an aromatic ring is 1. The highest BCUT2D eigenvalue weighted by molar-refractivity contribution is 5.69. The van der Waals surface area contributed by atoms with E-state index in [2.05, 4.69) is 5.10 Å². The molecule has 0 aliphatic rings. The molecule has 0 unspecified atom stereocenters. The fourth-order valence-electron chi connectivity index (χ4n) is 2.22. The zero-order valence-corrected chi connectivity index (χ0v) is 13.1. The molecule has 2 N–H and O–H groups in total. The molecular formula is C17H22N3O2+. The van der Waals surface area contributed by atoms with Crippen LogP contribution < -0.4 is 10.4 Å². The molecule has 2 aromatic rings. The standard InChI is InChI=1S/C17H21N3O2/c1-3-22-16(21)10-7-11-20-17(18)13(2)12-15(19-20)14-8-5-4-6-9-14/h4-6,8-9,12,18H,3,7,10-11H2,1-2H3/p+1. The predicted molar refractivity (Wildman–Crippen MR) is 84.9 cm³/mol. The van der Waals surface area contributed by atoms with Crippen LogP contribution in [-0.2, 0) is 16.1 Å². The van der Waals surface area contributed by atoms with Crippen LogP contribution >= 0.6 is 0 Å². The molecular weight excluding hydrogens is 278 g/mol. The van der Waals surface area contributed by atoms with Gasteiger partial charge in [0.05, 0.1) is 6.61 Å².